The molecule has 0 amide bonds. The summed E-state index contributed by atoms with van der Waals surface area (Å²) in [6.07, 6.45) is 2.21. The Hall–Kier alpha value is -1.11. The Morgan fingerprint density at radius 3 is 2.53 bits per heavy atom. The third-order valence-electron chi connectivity index (χ3n) is 3.85. The van der Waals surface area contributed by atoms with E-state index in [2.05, 4.69) is 4.72 Å². The van der Waals surface area contributed by atoms with Gasteiger partial charge in [0.1, 0.15) is 4.90 Å². The third kappa shape index (κ3) is 2.75. The van der Waals surface area contributed by atoms with Gasteiger partial charge >= 0.3 is 0 Å². The van der Waals surface area contributed by atoms with Crippen molar-refractivity contribution in [1.29, 1.82) is 0 Å². The Labute approximate surface area is 113 Å². The Morgan fingerprint density at radius 1 is 1.37 bits per heavy atom. The molecule has 1 aromatic rings. The van der Waals surface area contributed by atoms with Crippen LogP contribution in [0.25, 0.3) is 0 Å². The number of aryl methyl sites for hydroxylation is 1. The Morgan fingerprint density at radius 2 is 2.00 bits per heavy atom. The summed E-state index contributed by atoms with van der Waals surface area (Å²) < 4.78 is 27.1. The van der Waals surface area contributed by atoms with Gasteiger partial charge in [0.25, 0.3) is 0 Å². The molecule has 19 heavy (non-hydrogen) atoms. The van der Waals surface area contributed by atoms with E-state index >= 15 is 0 Å². The number of nitrogens with two attached hydrogens (primary N) is 1. The second kappa shape index (κ2) is 4.77. The summed E-state index contributed by atoms with van der Waals surface area (Å²) in [6.45, 7) is 3.62. The van der Waals surface area contributed by atoms with Crippen molar-refractivity contribution in [2.24, 2.45) is 0 Å². The van der Waals surface area contributed by atoms with Crippen molar-refractivity contribution in [2.45, 2.75) is 43.6 Å². The largest absolute Gasteiger partial charge is 0.398 e. The van der Waals surface area contributed by atoms with E-state index in [1.54, 1.807) is 19.1 Å². The molecule has 0 unspecified atom stereocenters. The smallest absolute Gasteiger partial charge is 0.242 e. The van der Waals surface area contributed by atoms with Crippen molar-refractivity contribution in [1.82, 2.24) is 4.72 Å². The first-order chi connectivity index (χ1) is 8.75. The molecule has 106 valence electrons. The summed E-state index contributed by atoms with van der Waals surface area (Å²) >= 11 is 0. The average molecular weight is 284 g/mol. The van der Waals surface area contributed by atoms with Crippen LogP contribution in [-0.4, -0.2) is 25.7 Å². The highest BCUT2D eigenvalue weighted by Crippen LogP contribution is 2.31. The van der Waals surface area contributed by atoms with Crippen molar-refractivity contribution in [3.05, 3.63) is 23.3 Å². The van der Waals surface area contributed by atoms with Crippen LogP contribution in [0, 0.1) is 13.8 Å². The van der Waals surface area contributed by atoms with Gasteiger partial charge in [-0.05, 0) is 50.3 Å². The lowest BCUT2D eigenvalue weighted by Gasteiger charge is -2.36. The molecule has 6 heteroatoms. The summed E-state index contributed by atoms with van der Waals surface area (Å²) in [5.41, 5.74) is 6.64. The molecule has 4 N–H and O–H groups in total. The highest BCUT2D eigenvalue weighted by molar-refractivity contribution is 7.89. The monoisotopic (exact) mass is 284 g/mol. The highest BCUT2D eigenvalue weighted by Gasteiger charge is 2.36. The van der Waals surface area contributed by atoms with Gasteiger partial charge in [0, 0.05) is 6.54 Å². The zero-order valence-electron chi connectivity index (χ0n) is 11.2. The van der Waals surface area contributed by atoms with Gasteiger partial charge < -0.3 is 10.8 Å². The van der Waals surface area contributed by atoms with Crippen LogP contribution in [0.4, 0.5) is 5.69 Å². The van der Waals surface area contributed by atoms with Crippen molar-refractivity contribution in [2.75, 3.05) is 12.3 Å². The van der Waals surface area contributed by atoms with Crippen LogP contribution in [0.2, 0.25) is 0 Å². The average Bonchev–Trinajstić information content (AvgIpc) is 2.29. The fourth-order valence-corrected chi connectivity index (χ4v) is 3.78. The number of rotatable bonds is 4. The van der Waals surface area contributed by atoms with E-state index in [1.165, 1.54) is 0 Å². The minimum absolute atomic E-state index is 0.0438. The number of hydrogen-bond donors (Lipinski definition) is 3. The van der Waals surface area contributed by atoms with Gasteiger partial charge in [0.15, 0.2) is 0 Å². The minimum atomic E-state index is -3.69. The molecule has 0 radical (unpaired) electrons. The molecule has 5 nitrogen and oxygen atoms in total. The second-order valence-corrected chi connectivity index (χ2v) is 7.03. The number of nitrogens with one attached hydrogen (secondary N) is 1. The molecule has 0 spiro atoms. The second-order valence-electron chi connectivity index (χ2n) is 5.33. The fraction of sp³-hybridized carbons (Fsp3) is 0.538. The maximum absolute atomic E-state index is 12.3. The van der Waals surface area contributed by atoms with Crippen LogP contribution < -0.4 is 10.5 Å². The van der Waals surface area contributed by atoms with Gasteiger partial charge in [-0.2, -0.15) is 0 Å². The molecule has 0 bridgehead atoms. The van der Waals surface area contributed by atoms with Crippen LogP contribution in [0.3, 0.4) is 0 Å². The molecule has 1 aliphatic rings. The van der Waals surface area contributed by atoms with Crippen LogP contribution in [0.1, 0.15) is 30.4 Å². The standard InChI is InChI=1S/C13H20N2O3S/c1-9-4-5-11(14)12(10(9)2)19(17,18)15-8-13(16)6-3-7-13/h4-5,15-16H,3,6-8,14H2,1-2H3. The Kier molecular flexibility index (Phi) is 3.59. The number of hydrogen-bond acceptors (Lipinski definition) is 4. The maximum Gasteiger partial charge on any atom is 0.242 e. The molecular formula is C13H20N2O3S. The fourth-order valence-electron chi connectivity index (χ4n) is 2.23. The predicted molar refractivity (Wildman–Crippen MR) is 74.3 cm³/mol. The zero-order valence-corrected chi connectivity index (χ0v) is 12.0. The van der Waals surface area contributed by atoms with Crippen LogP contribution in [0.15, 0.2) is 17.0 Å². The first kappa shape index (κ1) is 14.3. The van der Waals surface area contributed by atoms with Crippen molar-refractivity contribution < 1.29 is 13.5 Å². The highest BCUT2D eigenvalue weighted by atomic mass is 32.2. The third-order valence-corrected chi connectivity index (χ3v) is 5.46. The lowest BCUT2D eigenvalue weighted by atomic mass is 9.81. The SMILES string of the molecule is Cc1ccc(N)c(S(=O)(=O)NCC2(O)CCC2)c1C. The number of benzene rings is 1. The lowest BCUT2D eigenvalue weighted by molar-refractivity contribution is -0.0270. The quantitative estimate of drug-likeness (QED) is 0.721. The molecule has 0 aromatic heterocycles. The van der Waals surface area contributed by atoms with Gasteiger partial charge in [-0.25, -0.2) is 13.1 Å². The molecule has 1 aromatic carbocycles. The molecule has 1 aliphatic carbocycles. The van der Waals surface area contributed by atoms with Gasteiger partial charge in [-0.1, -0.05) is 6.07 Å². The van der Waals surface area contributed by atoms with Gasteiger partial charge in [-0.15, -0.1) is 0 Å². The van der Waals surface area contributed by atoms with Crippen LogP contribution in [-0.2, 0) is 10.0 Å². The topological polar surface area (TPSA) is 92.4 Å². The van der Waals surface area contributed by atoms with Gasteiger partial charge in [0.2, 0.25) is 10.0 Å². The summed E-state index contributed by atoms with van der Waals surface area (Å²) in [5.74, 6) is 0. The zero-order chi connectivity index (χ0) is 14.3. The summed E-state index contributed by atoms with van der Waals surface area (Å²) in [6, 6.07) is 3.39. The molecule has 0 heterocycles. The maximum atomic E-state index is 12.3. The summed E-state index contributed by atoms with van der Waals surface area (Å²) in [4.78, 5) is 0.121. The molecule has 1 fully saturated rings. The van der Waals surface area contributed by atoms with Crippen LogP contribution in [0.5, 0.6) is 0 Å². The molecular weight excluding hydrogens is 264 g/mol. The molecule has 2 rings (SSSR count). The van der Waals surface area contributed by atoms with E-state index in [-0.39, 0.29) is 17.1 Å². The predicted octanol–water partition coefficient (Wildman–Crippen LogP) is 1.08. The van der Waals surface area contributed by atoms with E-state index < -0.39 is 15.6 Å². The van der Waals surface area contributed by atoms with Crippen molar-refractivity contribution in [3.8, 4) is 0 Å². The lowest BCUT2D eigenvalue weighted by Crippen LogP contribution is -2.47. The summed E-state index contributed by atoms with van der Waals surface area (Å²) in [7, 11) is -3.69. The van der Waals surface area contributed by atoms with Crippen molar-refractivity contribution >= 4 is 15.7 Å². The summed E-state index contributed by atoms with van der Waals surface area (Å²) in [5, 5.41) is 9.96. The molecule has 0 aliphatic heterocycles. The molecule has 1 saturated carbocycles. The molecule has 0 atom stereocenters. The van der Waals surface area contributed by atoms with Crippen LogP contribution >= 0.6 is 0 Å². The molecule has 0 saturated heterocycles. The number of sulfonamides is 1. The Balaban J connectivity index is 2.27. The van der Waals surface area contributed by atoms with Gasteiger partial charge in [-0.3, -0.25) is 0 Å². The number of nitrogen functional groups attached to an aromatic ring is 1. The van der Waals surface area contributed by atoms with E-state index in [0.717, 1.165) is 12.0 Å². The normalized spacial score (nSPS) is 18.1. The van der Waals surface area contributed by atoms with E-state index in [4.69, 9.17) is 5.73 Å². The number of aliphatic hydroxyl groups is 1. The van der Waals surface area contributed by atoms with Gasteiger partial charge in [0.05, 0.1) is 11.3 Å². The Bertz CT molecular complexity index is 592. The first-order valence-corrected chi connectivity index (χ1v) is 7.81. The van der Waals surface area contributed by atoms with E-state index in [1.807, 2.05) is 6.92 Å². The number of anilines is 1. The minimum Gasteiger partial charge on any atom is -0.398 e. The van der Waals surface area contributed by atoms with E-state index in [0.29, 0.717) is 18.4 Å². The first-order valence-electron chi connectivity index (χ1n) is 6.33. The van der Waals surface area contributed by atoms with E-state index in [9.17, 15) is 13.5 Å². The van der Waals surface area contributed by atoms with Crippen molar-refractivity contribution in [3.63, 3.8) is 0 Å².